The second-order valence-corrected chi connectivity index (χ2v) is 5.21. The lowest BCUT2D eigenvalue weighted by Crippen LogP contribution is -2.44. The molecule has 1 aliphatic heterocycles. The number of nitrogens with zero attached hydrogens (tertiary/aromatic N) is 1. The van der Waals surface area contributed by atoms with Crippen LogP contribution < -0.4 is 14.8 Å². The lowest BCUT2D eigenvalue weighted by atomic mass is 9.99. The molecule has 0 aliphatic carbocycles. The van der Waals surface area contributed by atoms with Gasteiger partial charge in [-0.25, -0.2) is 0 Å². The molecule has 0 saturated heterocycles. The number of likely N-dealkylation sites (N-methyl/N-ethyl adjacent to an activating group) is 1. The van der Waals surface area contributed by atoms with E-state index in [4.69, 9.17) is 9.47 Å². The third-order valence-electron chi connectivity index (χ3n) is 3.52. The van der Waals surface area contributed by atoms with Crippen molar-refractivity contribution in [3.05, 3.63) is 23.8 Å². The van der Waals surface area contributed by atoms with Crippen LogP contribution in [0.5, 0.6) is 11.5 Å². The van der Waals surface area contributed by atoms with Gasteiger partial charge in [-0.1, -0.05) is 0 Å². The van der Waals surface area contributed by atoms with Crippen LogP contribution in [0.2, 0.25) is 0 Å². The number of carbonyl (C=O) groups excluding carboxylic acids is 1. The molecule has 2 rings (SSSR count). The van der Waals surface area contributed by atoms with Gasteiger partial charge in [0.25, 0.3) is 0 Å². The number of rotatable bonds is 4. The molecule has 0 aromatic heterocycles. The van der Waals surface area contributed by atoms with Gasteiger partial charge in [0.15, 0.2) is 0 Å². The third kappa shape index (κ3) is 3.04. The van der Waals surface area contributed by atoms with Gasteiger partial charge in [0, 0.05) is 32.1 Å². The van der Waals surface area contributed by atoms with E-state index >= 15 is 0 Å². The number of ether oxygens (including phenoxy) is 2. The van der Waals surface area contributed by atoms with Crippen molar-refractivity contribution < 1.29 is 14.3 Å². The average molecular weight is 278 g/mol. The van der Waals surface area contributed by atoms with E-state index in [-0.39, 0.29) is 18.0 Å². The van der Waals surface area contributed by atoms with Crippen molar-refractivity contribution in [2.75, 3.05) is 27.8 Å². The highest BCUT2D eigenvalue weighted by Gasteiger charge is 2.26. The molecule has 20 heavy (non-hydrogen) atoms. The van der Waals surface area contributed by atoms with Crippen molar-refractivity contribution in [1.29, 1.82) is 0 Å². The predicted molar refractivity (Wildman–Crippen MR) is 77.1 cm³/mol. The maximum Gasteiger partial charge on any atom is 0.238 e. The number of hydrogen-bond donors (Lipinski definition) is 1. The van der Waals surface area contributed by atoms with Crippen LogP contribution in [0.1, 0.15) is 24.9 Å². The normalized spacial score (nSPS) is 18.7. The fourth-order valence-corrected chi connectivity index (χ4v) is 2.43. The molecule has 1 amide bonds. The van der Waals surface area contributed by atoms with E-state index in [1.807, 2.05) is 25.1 Å². The first-order valence-corrected chi connectivity index (χ1v) is 6.81. The van der Waals surface area contributed by atoms with E-state index in [9.17, 15) is 4.79 Å². The standard InChI is InChI=1S/C15H22N2O3/c1-10(15(18)17(2)3)16-13-7-8-20-14-6-5-11(19-4)9-12(13)14/h5-6,9-10,13,16H,7-8H2,1-4H3. The Kier molecular flexibility index (Phi) is 4.49. The van der Waals surface area contributed by atoms with Crippen LogP contribution in [-0.2, 0) is 4.79 Å². The summed E-state index contributed by atoms with van der Waals surface area (Å²) >= 11 is 0. The van der Waals surface area contributed by atoms with Crippen LogP contribution in [0.3, 0.4) is 0 Å². The summed E-state index contributed by atoms with van der Waals surface area (Å²) in [5.41, 5.74) is 1.05. The fraction of sp³-hybridized carbons (Fsp3) is 0.533. The van der Waals surface area contributed by atoms with E-state index in [1.54, 1.807) is 26.1 Å². The first kappa shape index (κ1) is 14.7. The van der Waals surface area contributed by atoms with Crippen LogP contribution in [-0.4, -0.2) is 44.7 Å². The zero-order valence-electron chi connectivity index (χ0n) is 12.5. The summed E-state index contributed by atoms with van der Waals surface area (Å²) in [7, 11) is 5.18. The van der Waals surface area contributed by atoms with Crippen molar-refractivity contribution in [2.45, 2.75) is 25.4 Å². The van der Waals surface area contributed by atoms with Crippen molar-refractivity contribution in [2.24, 2.45) is 0 Å². The zero-order chi connectivity index (χ0) is 14.7. The van der Waals surface area contributed by atoms with Gasteiger partial charge < -0.3 is 14.4 Å². The van der Waals surface area contributed by atoms with E-state index in [0.29, 0.717) is 6.61 Å². The molecule has 110 valence electrons. The van der Waals surface area contributed by atoms with E-state index < -0.39 is 0 Å². The summed E-state index contributed by atoms with van der Waals surface area (Å²) in [5.74, 6) is 1.73. The van der Waals surface area contributed by atoms with Gasteiger partial charge in [0.05, 0.1) is 19.8 Å². The average Bonchev–Trinajstić information content (AvgIpc) is 2.46. The Morgan fingerprint density at radius 2 is 2.25 bits per heavy atom. The van der Waals surface area contributed by atoms with Crippen molar-refractivity contribution >= 4 is 5.91 Å². The maximum atomic E-state index is 12.0. The molecule has 0 saturated carbocycles. The number of fused-ring (bicyclic) bond motifs is 1. The summed E-state index contributed by atoms with van der Waals surface area (Å²) in [6, 6.07) is 5.65. The number of hydrogen-bond acceptors (Lipinski definition) is 4. The molecule has 1 aromatic carbocycles. The molecular formula is C15H22N2O3. The number of carbonyl (C=O) groups is 1. The van der Waals surface area contributed by atoms with Crippen LogP contribution >= 0.6 is 0 Å². The number of nitrogens with one attached hydrogen (secondary N) is 1. The first-order valence-electron chi connectivity index (χ1n) is 6.81. The minimum Gasteiger partial charge on any atom is -0.497 e. The van der Waals surface area contributed by atoms with Crippen molar-refractivity contribution in [1.82, 2.24) is 10.2 Å². The highest BCUT2D eigenvalue weighted by Crippen LogP contribution is 2.34. The van der Waals surface area contributed by atoms with Crippen molar-refractivity contribution in [3.63, 3.8) is 0 Å². The summed E-state index contributed by atoms with van der Waals surface area (Å²) in [6.07, 6.45) is 0.839. The molecule has 1 aliphatic rings. The molecule has 1 N–H and O–H groups in total. The Balaban J connectivity index is 2.17. The van der Waals surface area contributed by atoms with Gasteiger partial charge in [-0.05, 0) is 25.1 Å². The molecule has 0 fully saturated rings. The molecule has 0 radical (unpaired) electrons. The van der Waals surface area contributed by atoms with Crippen LogP contribution in [0, 0.1) is 0 Å². The van der Waals surface area contributed by atoms with Crippen LogP contribution in [0.25, 0.3) is 0 Å². The minimum absolute atomic E-state index is 0.0703. The number of benzene rings is 1. The summed E-state index contributed by atoms with van der Waals surface area (Å²) < 4.78 is 10.9. The molecule has 1 heterocycles. The van der Waals surface area contributed by atoms with Gasteiger partial charge in [-0.15, -0.1) is 0 Å². The van der Waals surface area contributed by atoms with E-state index in [2.05, 4.69) is 5.32 Å². The SMILES string of the molecule is COc1ccc2c(c1)C(NC(C)C(=O)N(C)C)CCO2. The van der Waals surface area contributed by atoms with E-state index in [1.165, 1.54) is 0 Å². The predicted octanol–water partition coefficient (Wildman–Crippen LogP) is 1.59. The smallest absolute Gasteiger partial charge is 0.238 e. The molecule has 5 nitrogen and oxygen atoms in total. The Morgan fingerprint density at radius 1 is 1.50 bits per heavy atom. The topological polar surface area (TPSA) is 50.8 Å². The second kappa shape index (κ2) is 6.13. The second-order valence-electron chi connectivity index (χ2n) is 5.21. The molecular weight excluding hydrogens is 256 g/mol. The van der Waals surface area contributed by atoms with Crippen molar-refractivity contribution in [3.8, 4) is 11.5 Å². The Bertz CT molecular complexity index is 488. The summed E-state index contributed by atoms with van der Waals surface area (Å²) in [6.45, 7) is 2.54. The summed E-state index contributed by atoms with van der Waals surface area (Å²) in [5, 5.41) is 3.38. The fourth-order valence-electron chi connectivity index (χ4n) is 2.43. The van der Waals surface area contributed by atoms with Gasteiger partial charge in [-0.2, -0.15) is 0 Å². The maximum absolute atomic E-state index is 12.0. The first-order chi connectivity index (χ1) is 9.52. The lowest BCUT2D eigenvalue weighted by molar-refractivity contribution is -0.130. The van der Waals surface area contributed by atoms with Gasteiger partial charge in [0.1, 0.15) is 11.5 Å². The highest BCUT2D eigenvalue weighted by molar-refractivity contribution is 5.81. The van der Waals surface area contributed by atoms with Gasteiger partial charge in [-0.3, -0.25) is 10.1 Å². The lowest BCUT2D eigenvalue weighted by Gasteiger charge is -2.30. The highest BCUT2D eigenvalue weighted by atomic mass is 16.5. The molecule has 2 atom stereocenters. The monoisotopic (exact) mass is 278 g/mol. The minimum atomic E-state index is -0.229. The summed E-state index contributed by atoms with van der Waals surface area (Å²) in [4.78, 5) is 13.6. The zero-order valence-corrected chi connectivity index (χ0v) is 12.5. The van der Waals surface area contributed by atoms with Crippen LogP contribution in [0.4, 0.5) is 0 Å². The Hall–Kier alpha value is -1.75. The van der Waals surface area contributed by atoms with Gasteiger partial charge >= 0.3 is 0 Å². The van der Waals surface area contributed by atoms with E-state index in [0.717, 1.165) is 23.5 Å². The molecule has 0 bridgehead atoms. The van der Waals surface area contributed by atoms with Crippen LogP contribution in [0.15, 0.2) is 18.2 Å². The molecule has 2 unspecified atom stereocenters. The largest absolute Gasteiger partial charge is 0.497 e. The number of methoxy groups -OCH3 is 1. The Morgan fingerprint density at radius 3 is 2.90 bits per heavy atom. The van der Waals surface area contributed by atoms with Gasteiger partial charge in [0.2, 0.25) is 5.91 Å². The number of amides is 1. The molecule has 5 heteroatoms. The molecule has 1 aromatic rings. The Labute approximate surface area is 119 Å². The molecule has 0 spiro atoms. The third-order valence-corrected chi connectivity index (χ3v) is 3.52. The quantitative estimate of drug-likeness (QED) is 0.908.